The number of aliphatic carboxylic acids is 1. The predicted octanol–water partition coefficient (Wildman–Crippen LogP) is 4.88. The van der Waals surface area contributed by atoms with Crippen LogP contribution in [-0.2, 0) is 16.0 Å². The number of para-hydroxylation sites is 1. The molecule has 0 aliphatic carbocycles. The Bertz CT molecular complexity index is 1300. The van der Waals surface area contributed by atoms with Crippen LogP contribution in [0.15, 0.2) is 48.5 Å². The van der Waals surface area contributed by atoms with Gasteiger partial charge in [0.25, 0.3) is 0 Å². The Morgan fingerprint density at radius 3 is 2.53 bits per heavy atom. The first kappa shape index (κ1) is 21.8. The van der Waals surface area contributed by atoms with Gasteiger partial charge in [-0.25, -0.2) is 19.0 Å². The van der Waals surface area contributed by atoms with Gasteiger partial charge in [0.05, 0.1) is 21.6 Å². The van der Waals surface area contributed by atoms with E-state index in [1.54, 1.807) is 32.9 Å². The number of nitrogens with one attached hydrogen (secondary N) is 1. The van der Waals surface area contributed by atoms with Crippen molar-refractivity contribution >= 4 is 38.6 Å². The number of fused-ring (bicyclic) bond motifs is 3. The molecule has 1 atom stereocenters. The van der Waals surface area contributed by atoms with E-state index in [0.29, 0.717) is 21.9 Å². The zero-order chi connectivity index (χ0) is 23.0. The van der Waals surface area contributed by atoms with E-state index in [9.17, 15) is 19.1 Å². The van der Waals surface area contributed by atoms with E-state index in [0.717, 1.165) is 10.2 Å². The summed E-state index contributed by atoms with van der Waals surface area (Å²) < 4.78 is 21.6. The summed E-state index contributed by atoms with van der Waals surface area (Å²) in [4.78, 5) is 29.7. The van der Waals surface area contributed by atoms with E-state index in [1.807, 2.05) is 28.7 Å². The van der Waals surface area contributed by atoms with Gasteiger partial charge in [-0.1, -0.05) is 23.5 Å². The number of carbonyl (C=O) groups excluding carboxylic acids is 1. The fourth-order valence-electron chi connectivity index (χ4n) is 3.45. The summed E-state index contributed by atoms with van der Waals surface area (Å²) in [5, 5.41) is 12.3. The van der Waals surface area contributed by atoms with Crippen molar-refractivity contribution in [1.82, 2.24) is 14.7 Å². The minimum Gasteiger partial charge on any atom is -0.480 e. The highest BCUT2D eigenvalue weighted by atomic mass is 32.1. The lowest BCUT2D eigenvalue weighted by atomic mass is 10.0. The number of amides is 1. The number of imidazole rings is 1. The van der Waals surface area contributed by atoms with E-state index >= 15 is 0 Å². The van der Waals surface area contributed by atoms with Crippen LogP contribution >= 0.6 is 11.3 Å². The third-order valence-corrected chi connectivity index (χ3v) is 5.78. The van der Waals surface area contributed by atoms with Crippen molar-refractivity contribution in [2.24, 2.45) is 0 Å². The molecule has 0 aliphatic heterocycles. The average Bonchev–Trinajstić information content (AvgIpc) is 3.23. The predicted molar refractivity (Wildman–Crippen MR) is 120 cm³/mol. The number of thiazole rings is 1. The average molecular weight is 456 g/mol. The number of carboxylic acid groups (broad SMARTS) is 1. The smallest absolute Gasteiger partial charge is 0.408 e. The Balaban J connectivity index is 1.80. The zero-order valence-corrected chi connectivity index (χ0v) is 18.6. The van der Waals surface area contributed by atoms with Gasteiger partial charge in [0, 0.05) is 12.0 Å². The molecule has 166 valence electrons. The van der Waals surface area contributed by atoms with Crippen LogP contribution in [0.5, 0.6) is 0 Å². The fraction of sp³-hybridized carbons (Fsp3) is 0.261. The molecule has 0 radical (unpaired) electrons. The minimum absolute atomic E-state index is 0.0385. The van der Waals surface area contributed by atoms with Gasteiger partial charge in [-0.2, -0.15) is 0 Å². The summed E-state index contributed by atoms with van der Waals surface area (Å²) in [6, 6.07) is 12.3. The highest BCUT2D eigenvalue weighted by molar-refractivity contribution is 7.23. The molecule has 4 aromatic rings. The van der Waals surface area contributed by atoms with Crippen LogP contribution in [0.4, 0.5) is 9.18 Å². The Hall–Kier alpha value is -3.46. The van der Waals surface area contributed by atoms with Crippen LogP contribution < -0.4 is 5.32 Å². The van der Waals surface area contributed by atoms with E-state index in [2.05, 4.69) is 5.32 Å². The second-order valence-electron chi connectivity index (χ2n) is 8.34. The summed E-state index contributed by atoms with van der Waals surface area (Å²) in [6.45, 7) is 5.10. The van der Waals surface area contributed by atoms with Gasteiger partial charge in [-0.05, 0) is 57.2 Å². The van der Waals surface area contributed by atoms with E-state index < -0.39 is 23.7 Å². The molecular weight excluding hydrogens is 433 g/mol. The van der Waals surface area contributed by atoms with Gasteiger partial charge < -0.3 is 15.2 Å². The molecular formula is C23H22FN3O4S. The Morgan fingerprint density at radius 1 is 1.19 bits per heavy atom. The second-order valence-corrected chi connectivity index (χ2v) is 9.35. The lowest BCUT2D eigenvalue weighted by Gasteiger charge is -2.22. The lowest BCUT2D eigenvalue weighted by Crippen LogP contribution is -2.44. The molecule has 0 spiro atoms. The van der Waals surface area contributed by atoms with Gasteiger partial charge in [0.1, 0.15) is 17.5 Å². The molecule has 2 heterocycles. The van der Waals surface area contributed by atoms with E-state index in [-0.39, 0.29) is 12.2 Å². The molecule has 2 aromatic heterocycles. The van der Waals surface area contributed by atoms with Crippen LogP contribution in [0.2, 0.25) is 0 Å². The van der Waals surface area contributed by atoms with Crippen molar-refractivity contribution in [2.45, 2.75) is 38.8 Å². The van der Waals surface area contributed by atoms with Crippen molar-refractivity contribution in [3.8, 4) is 11.3 Å². The van der Waals surface area contributed by atoms with Crippen LogP contribution in [0.1, 0.15) is 26.5 Å². The number of ether oxygens (including phenoxy) is 1. The molecule has 0 saturated heterocycles. The lowest BCUT2D eigenvalue weighted by molar-refractivity contribution is -0.139. The van der Waals surface area contributed by atoms with Gasteiger partial charge in [0.15, 0.2) is 4.96 Å². The standard InChI is InChI=1S/C23H22FN3O4S/c1-23(2,3)31-22(30)25-15(20(28)29)12-17-19(13-8-10-14(24)11-9-13)26-21-27(17)16-6-4-5-7-18(16)32-21/h4-11,15H,12H2,1-3H3,(H,25,30)(H,28,29). The maximum Gasteiger partial charge on any atom is 0.408 e. The third-order valence-electron chi connectivity index (χ3n) is 4.75. The molecule has 1 amide bonds. The molecule has 0 aliphatic rings. The van der Waals surface area contributed by atoms with Crippen LogP contribution in [0.25, 0.3) is 26.4 Å². The quantitative estimate of drug-likeness (QED) is 0.448. The number of carbonyl (C=O) groups is 2. The number of benzene rings is 2. The zero-order valence-electron chi connectivity index (χ0n) is 17.8. The Morgan fingerprint density at radius 2 is 1.88 bits per heavy atom. The monoisotopic (exact) mass is 455 g/mol. The molecule has 1 unspecified atom stereocenters. The summed E-state index contributed by atoms with van der Waals surface area (Å²) in [6.07, 6.45) is -0.854. The molecule has 7 nitrogen and oxygen atoms in total. The summed E-state index contributed by atoms with van der Waals surface area (Å²) in [5.41, 5.74) is 1.92. The van der Waals surface area contributed by atoms with Crippen LogP contribution in [0, 0.1) is 5.82 Å². The number of alkyl carbamates (subject to hydrolysis) is 1. The van der Waals surface area contributed by atoms with E-state index in [4.69, 9.17) is 9.72 Å². The number of carboxylic acids is 1. The third kappa shape index (κ3) is 4.43. The number of hydrogen-bond donors (Lipinski definition) is 2. The summed E-state index contributed by atoms with van der Waals surface area (Å²) in [7, 11) is 0. The SMILES string of the molecule is CC(C)(C)OC(=O)NC(Cc1c(-c2ccc(F)cc2)nc2sc3ccccc3n12)C(=O)O. The summed E-state index contributed by atoms with van der Waals surface area (Å²) in [5.74, 6) is -1.58. The van der Waals surface area contributed by atoms with Gasteiger partial charge in [-0.15, -0.1) is 0 Å². The Labute approximate surface area is 187 Å². The molecule has 0 fully saturated rings. The van der Waals surface area contributed by atoms with Crippen molar-refractivity contribution in [1.29, 1.82) is 0 Å². The number of hydrogen-bond acceptors (Lipinski definition) is 5. The van der Waals surface area contributed by atoms with Gasteiger partial charge in [0.2, 0.25) is 0 Å². The second kappa shape index (κ2) is 8.23. The topological polar surface area (TPSA) is 92.9 Å². The van der Waals surface area contributed by atoms with Crippen molar-refractivity contribution in [3.63, 3.8) is 0 Å². The van der Waals surface area contributed by atoms with Crippen molar-refractivity contribution < 1.29 is 23.8 Å². The molecule has 9 heteroatoms. The normalized spacial score (nSPS) is 12.8. The van der Waals surface area contributed by atoms with E-state index in [1.165, 1.54) is 23.5 Å². The van der Waals surface area contributed by atoms with Crippen LogP contribution in [0.3, 0.4) is 0 Å². The van der Waals surface area contributed by atoms with Gasteiger partial charge >= 0.3 is 12.1 Å². The Kier molecular flexibility index (Phi) is 5.60. The first-order chi connectivity index (χ1) is 15.1. The number of halogens is 1. The summed E-state index contributed by atoms with van der Waals surface area (Å²) >= 11 is 1.47. The maximum absolute atomic E-state index is 13.5. The highest BCUT2D eigenvalue weighted by Gasteiger charge is 2.28. The number of rotatable bonds is 5. The highest BCUT2D eigenvalue weighted by Crippen LogP contribution is 2.33. The van der Waals surface area contributed by atoms with Gasteiger partial charge in [-0.3, -0.25) is 4.40 Å². The largest absolute Gasteiger partial charge is 0.480 e. The first-order valence-corrected chi connectivity index (χ1v) is 10.8. The molecule has 0 saturated carbocycles. The molecule has 2 N–H and O–H groups in total. The fourth-order valence-corrected chi connectivity index (χ4v) is 4.49. The van der Waals surface area contributed by atoms with Crippen molar-refractivity contribution in [2.75, 3.05) is 0 Å². The molecule has 4 rings (SSSR count). The van der Waals surface area contributed by atoms with Crippen LogP contribution in [-0.4, -0.2) is 38.2 Å². The molecule has 0 bridgehead atoms. The molecule has 32 heavy (non-hydrogen) atoms. The number of aromatic nitrogens is 2. The maximum atomic E-state index is 13.5. The van der Waals surface area contributed by atoms with Crippen molar-refractivity contribution in [3.05, 3.63) is 60.0 Å². The minimum atomic E-state index is -1.25. The molecule has 2 aromatic carbocycles. The number of nitrogens with zero attached hydrogens (tertiary/aromatic N) is 2. The first-order valence-electron chi connectivity index (χ1n) is 9.99.